The summed E-state index contributed by atoms with van der Waals surface area (Å²) in [6.07, 6.45) is 1.63. The summed E-state index contributed by atoms with van der Waals surface area (Å²) in [6, 6.07) is 6.40. The minimum Gasteiger partial charge on any atom is -0.241 e. The number of benzene rings is 1. The van der Waals surface area contributed by atoms with E-state index in [1.807, 2.05) is 18.7 Å². The number of aromatic nitrogens is 2. The number of hydrogen-bond acceptors (Lipinski definition) is 3. The van der Waals surface area contributed by atoms with Crippen molar-refractivity contribution in [1.29, 1.82) is 0 Å². The second-order valence-corrected chi connectivity index (χ2v) is 6.75. The molecule has 84 valence electrons. The zero-order valence-electron chi connectivity index (χ0n) is 10.1. The van der Waals surface area contributed by atoms with Gasteiger partial charge in [0.25, 0.3) is 0 Å². The van der Waals surface area contributed by atoms with Gasteiger partial charge in [-0.15, -0.1) is 11.8 Å². The van der Waals surface area contributed by atoms with Crippen LogP contribution in [0.1, 0.15) is 26.5 Å². The second kappa shape index (κ2) is 4.06. The van der Waals surface area contributed by atoms with Crippen LogP contribution in [0, 0.1) is 6.92 Å². The molecule has 0 aliphatic rings. The minimum atomic E-state index is 0.232. The molecular weight excluding hydrogens is 216 g/mol. The molecule has 0 unspecified atom stereocenters. The lowest BCUT2D eigenvalue weighted by molar-refractivity contribution is 0.803. The first kappa shape index (κ1) is 11.4. The average Bonchev–Trinajstić information content (AvgIpc) is 2.15. The zero-order valence-corrected chi connectivity index (χ0v) is 10.9. The summed E-state index contributed by atoms with van der Waals surface area (Å²) < 4.78 is 0.232. The molecule has 0 aliphatic carbocycles. The zero-order chi connectivity index (χ0) is 11.8. The van der Waals surface area contributed by atoms with Crippen LogP contribution in [-0.2, 0) is 0 Å². The van der Waals surface area contributed by atoms with Crippen molar-refractivity contribution < 1.29 is 0 Å². The van der Waals surface area contributed by atoms with E-state index in [1.165, 1.54) is 4.90 Å². The molecule has 0 amide bonds. The van der Waals surface area contributed by atoms with Crippen molar-refractivity contribution in [3.05, 3.63) is 30.2 Å². The summed E-state index contributed by atoms with van der Waals surface area (Å²) in [7, 11) is 0. The lowest BCUT2D eigenvalue weighted by Gasteiger charge is -2.17. The molecule has 0 fully saturated rings. The number of aryl methyl sites for hydroxylation is 1. The summed E-state index contributed by atoms with van der Waals surface area (Å²) >= 11 is 1.86. The SMILES string of the molecule is Cc1ncnc2cc(SC(C)(C)C)ccc12. The van der Waals surface area contributed by atoms with Crippen LogP contribution in [0.25, 0.3) is 10.9 Å². The highest BCUT2D eigenvalue weighted by Gasteiger charge is 2.12. The molecule has 0 aliphatic heterocycles. The summed E-state index contributed by atoms with van der Waals surface area (Å²) in [5, 5.41) is 1.14. The molecule has 0 N–H and O–H groups in total. The molecule has 16 heavy (non-hydrogen) atoms. The molecule has 0 radical (unpaired) electrons. The van der Waals surface area contributed by atoms with Crippen LogP contribution >= 0.6 is 11.8 Å². The highest BCUT2D eigenvalue weighted by atomic mass is 32.2. The maximum Gasteiger partial charge on any atom is 0.116 e. The smallest absolute Gasteiger partial charge is 0.116 e. The van der Waals surface area contributed by atoms with Crippen molar-refractivity contribution in [1.82, 2.24) is 9.97 Å². The van der Waals surface area contributed by atoms with E-state index in [4.69, 9.17) is 0 Å². The van der Waals surface area contributed by atoms with Crippen molar-refractivity contribution >= 4 is 22.7 Å². The van der Waals surface area contributed by atoms with E-state index in [0.29, 0.717) is 0 Å². The van der Waals surface area contributed by atoms with Crippen LogP contribution in [0.3, 0.4) is 0 Å². The van der Waals surface area contributed by atoms with Gasteiger partial charge in [0.1, 0.15) is 6.33 Å². The third kappa shape index (κ3) is 2.53. The van der Waals surface area contributed by atoms with Crippen LogP contribution in [0.4, 0.5) is 0 Å². The molecule has 0 atom stereocenters. The normalized spacial score (nSPS) is 12.0. The predicted octanol–water partition coefficient (Wildman–Crippen LogP) is 3.83. The lowest BCUT2D eigenvalue weighted by Crippen LogP contribution is -2.06. The summed E-state index contributed by atoms with van der Waals surface area (Å²) in [5.74, 6) is 0. The highest BCUT2D eigenvalue weighted by molar-refractivity contribution is 8.00. The number of rotatable bonds is 1. The first-order chi connectivity index (χ1) is 7.46. The summed E-state index contributed by atoms with van der Waals surface area (Å²) in [5.41, 5.74) is 2.07. The van der Waals surface area contributed by atoms with Gasteiger partial charge in [-0.2, -0.15) is 0 Å². The Bertz CT molecular complexity index is 515. The molecule has 2 aromatic rings. The molecule has 0 bridgehead atoms. The Labute approximate surface area is 101 Å². The maximum absolute atomic E-state index is 4.31. The number of thioether (sulfide) groups is 1. The van der Waals surface area contributed by atoms with Gasteiger partial charge in [-0.3, -0.25) is 0 Å². The van der Waals surface area contributed by atoms with Gasteiger partial charge in [0.15, 0.2) is 0 Å². The fourth-order valence-electron chi connectivity index (χ4n) is 1.59. The molecule has 1 aromatic heterocycles. The van der Waals surface area contributed by atoms with Crippen LogP contribution in [0.2, 0.25) is 0 Å². The average molecular weight is 232 g/mol. The number of hydrogen-bond donors (Lipinski definition) is 0. The van der Waals surface area contributed by atoms with Gasteiger partial charge < -0.3 is 0 Å². The molecule has 3 heteroatoms. The Balaban J connectivity index is 2.45. The molecule has 2 rings (SSSR count). The van der Waals surface area contributed by atoms with E-state index in [-0.39, 0.29) is 4.75 Å². The molecular formula is C13H16N2S. The fraction of sp³-hybridized carbons (Fsp3) is 0.385. The first-order valence-electron chi connectivity index (χ1n) is 5.36. The maximum atomic E-state index is 4.31. The molecule has 1 heterocycles. The highest BCUT2D eigenvalue weighted by Crippen LogP contribution is 2.33. The van der Waals surface area contributed by atoms with Gasteiger partial charge in [0, 0.05) is 20.7 Å². The van der Waals surface area contributed by atoms with Crippen LogP contribution in [-0.4, -0.2) is 14.7 Å². The molecule has 2 nitrogen and oxygen atoms in total. The minimum absolute atomic E-state index is 0.232. The quantitative estimate of drug-likeness (QED) is 0.699. The third-order valence-corrected chi connectivity index (χ3v) is 3.33. The topological polar surface area (TPSA) is 25.8 Å². The van der Waals surface area contributed by atoms with Crippen molar-refractivity contribution in [2.75, 3.05) is 0 Å². The Morgan fingerprint density at radius 1 is 1.12 bits per heavy atom. The van der Waals surface area contributed by atoms with Gasteiger partial charge in [-0.1, -0.05) is 20.8 Å². The number of nitrogens with zero attached hydrogens (tertiary/aromatic N) is 2. The lowest BCUT2D eigenvalue weighted by atomic mass is 10.2. The van der Waals surface area contributed by atoms with E-state index < -0.39 is 0 Å². The first-order valence-corrected chi connectivity index (χ1v) is 6.18. The Morgan fingerprint density at radius 2 is 1.88 bits per heavy atom. The number of fused-ring (bicyclic) bond motifs is 1. The standard InChI is InChI=1S/C13H16N2S/c1-9-11-6-5-10(16-13(2,3)4)7-12(11)15-8-14-9/h5-8H,1-4H3. The van der Waals surface area contributed by atoms with Gasteiger partial charge in [-0.25, -0.2) is 9.97 Å². The molecule has 0 saturated heterocycles. The van der Waals surface area contributed by atoms with Crippen molar-refractivity contribution in [3.63, 3.8) is 0 Å². The van der Waals surface area contributed by atoms with Gasteiger partial charge in [0.2, 0.25) is 0 Å². The van der Waals surface area contributed by atoms with E-state index >= 15 is 0 Å². The van der Waals surface area contributed by atoms with Crippen molar-refractivity contribution in [3.8, 4) is 0 Å². The van der Waals surface area contributed by atoms with Crippen molar-refractivity contribution in [2.45, 2.75) is 37.3 Å². The summed E-state index contributed by atoms with van der Waals surface area (Å²) in [6.45, 7) is 8.66. The molecule has 1 aromatic carbocycles. The van der Waals surface area contributed by atoms with Crippen LogP contribution in [0.5, 0.6) is 0 Å². The third-order valence-electron chi connectivity index (χ3n) is 2.23. The Morgan fingerprint density at radius 3 is 2.56 bits per heavy atom. The largest absolute Gasteiger partial charge is 0.241 e. The van der Waals surface area contributed by atoms with E-state index in [2.05, 4.69) is 48.9 Å². The monoisotopic (exact) mass is 232 g/mol. The fourth-order valence-corrected chi connectivity index (χ4v) is 2.60. The van der Waals surface area contributed by atoms with Crippen LogP contribution < -0.4 is 0 Å². The van der Waals surface area contributed by atoms with E-state index in [9.17, 15) is 0 Å². The molecule has 0 spiro atoms. The Hall–Kier alpha value is -1.09. The van der Waals surface area contributed by atoms with E-state index in [1.54, 1.807) is 6.33 Å². The summed E-state index contributed by atoms with van der Waals surface area (Å²) in [4.78, 5) is 9.76. The van der Waals surface area contributed by atoms with Gasteiger partial charge in [-0.05, 0) is 25.1 Å². The Kier molecular flexibility index (Phi) is 2.89. The second-order valence-electron chi connectivity index (χ2n) is 4.85. The van der Waals surface area contributed by atoms with Gasteiger partial charge in [0.05, 0.1) is 5.52 Å². The van der Waals surface area contributed by atoms with Crippen molar-refractivity contribution in [2.24, 2.45) is 0 Å². The van der Waals surface area contributed by atoms with Crippen LogP contribution in [0.15, 0.2) is 29.4 Å². The van der Waals surface area contributed by atoms with E-state index in [0.717, 1.165) is 16.6 Å². The predicted molar refractivity (Wildman–Crippen MR) is 69.9 cm³/mol. The molecule has 0 saturated carbocycles. The van der Waals surface area contributed by atoms with Gasteiger partial charge >= 0.3 is 0 Å².